The van der Waals surface area contributed by atoms with Crippen LogP contribution in [0.25, 0.3) is 16.6 Å². The van der Waals surface area contributed by atoms with Crippen molar-refractivity contribution in [3.8, 4) is 0 Å². The number of rotatable bonds is 4. The van der Waals surface area contributed by atoms with Crippen molar-refractivity contribution < 1.29 is 4.79 Å². The Balaban J connectivity index is 1.63. The molecule has 0 saturated carbocycles. The molecule has 1 amide bonds. The SMILES string of the molecule is Cc1cc(C)c(NC(=O)CNc2nc3c(Cl)c(C)nn3c3ccccc23)c(C)c1. The van der Waals surface area contributed by atoms with Crippen LogP contribution in [0.1, 0.15) is 22.4 Å². The molecule has 0 aliphatic heterocycles. The molecule has 0 atom stereocenters. The second-order valence-electron chi connectivity index (χ2n) is 7.29. The minimum absolute atomic E-state index is 0.0880. The van der Waals surface area contributed by atoms with Crippen molar-refractivity contribution in [2.45, 2.75) is 27.7 Å². The quantitative estimate of drug-likeness (QED) is 0.508. The first-order valence-corrected chi connectivity index (χ1v) is 9.78. The minimum atomic E-state index is -0.137. The fourth-order valence-electron chi connectivity index (χ4n) is 3.64. The monoisotopic (exact) mass is 407 g/mol. The Hall–Kier alpha value is -3.12. The topological polar surface area (TPSA) is 71.3 Å². The standard InChI is InChI=1S/C22H22ClN5O/c1-12-9-13(2)20(14(3)10-12)25-18(29)11-24-21-16-7-5-6-8-17(16)28-22(26-21)19(23)15(4)27-28/h5-10H,11H2,1-4H3,(H,24,26)(H,25,29). The zero-order chi connectivity index (χ0) is 20.7. The third kappa shape index (κ3) is 3.51. The fraction of sp³-hybridized carbons (Fsp3) is 0.227. The number of carbonyl (C=O) groups is 1. The van der Waals surface area contributed by atoms with Gasteiger partial charge in [0.05, 0.1) is 17.8 Å². The summed E-state index contributed by atoms with van der Waals surface area (Å²) >= 11 is 6.38. The van der Waals surface area contributed by atoms with Crippen LogP contribution in [0.5, 0.6) is 0 Å². The molecule has 2 N–H and O–H groups in total. The van der Waals surface area contributed by atoms with E-state index in [2.05, 4.69) is 32.8 Å². The van der Waals surface area contributed by atoms with Gasteiger partial charge in [-0.3, -0.25) is 4.79 Å². The van der Waals surface area contributed by atoms with Gasteiger partial charge >= 0.3 is 0 Å². The molecule has 0 aliphatic rings. The van der Waals surface area contributed by atoms with Gasteiger partial charge in [0.1, 0.15) is 10.8 Å². The lowest BCUT2D eigenvalue weighted by atomic mass is 10.1. The number of halogens is 1. The molecule has 0 unspecified atom stereocenters. The molecule has 2 heterocycles. The predicted octanol–water partition coefficient (Wildman–Crippen LogP) is 4.82. The number of para-hydroxylation sites is 1. The molecule has 0 saturated heterocycles. The maximum atomic E-state index is 12.6. The Bertz CT molecular complexity index is 1240. The second-order valence-corrected chi connectivity index (χ2v) is 7.67. The van der Waals surface area contributed by atoms with Crippen molar-refractivity contribution in [1.82, 2.24) is 14.6 Å². The average molecular weight is 408 g/mol. The number of aryl methyl sites for hydroxylation is 4. The molecule has 0 fully saturated rings. The van der Waals surface area contributed by atoms with Gasteiger partial charge in [0.2, 0.25) is 5.91 Å². The second kappa shape index (κ2) is 7.37. The molecule has 2 aromatic heterocycles. The van der Waals surface area contributed by atoms with Crippen LogP contribution in [0.3, 0.4) is 0 Å². The Kier molecular flexibility index (Phi) is 4.88. The number of hydrogen-bond donors (Lipinski definition) is 2. The summed E-state index contributed by atoms with van der Waals surface area (Å²) < 4.78 is 1.73. The van der Waals surface area contributed by atoms with E-state index < -0.39 is 0 Å². The van der Waals surface area contributed by atoms with Gasteiger partial charge in [-0.15, -0.1) is 0 Å². The number of hydrogen-bond acceptors (Lipinski definition) is 4. The number of fused-ring (bicyclic) bond motifs is 3. The molecular formula is C22H22ClN5O. The highest BCUT2D eigenvalue weighted by atomic mass is 35.5. The molecule has 0 spiro atoms. The van der Waals surface area contributed by atoms with Crippen LogP contribution in [0.15, 0.2) is 36.4 Å². The Morgan fingerprint density at radius 1 is 1.10 bits per heavy atom. The van der Waals surface area contributed by atoms with Gasteiger partial charge in [-0.1, -0.05) is 41.4 Å². The smallest absolute Gasteiger partial charge is 0.243 e. The molecule has 2 aromatic carbocycles. The van der Waals surface area contributed by atoms with E-state index in [1.54, 1.807) is 4.52 Å². The first-order chi connectivity index (χ1) is 13.8. The van der Waals surface area contributed by atoms with E-state index in [0.29, 0.717) is 22.2 Å². The summed E-state index contributed by atoms with van der Waals surface area (Å²) in [5.41, 5.74) is 6.27. The van der Waals surface area contributed by atoms with Crippen LogP contribution >= 0.6 is 11.6 Å². The van der Waals surface area contributed by atoms with Crippen molar-refractivity contribution in [2.75, 3.05) is 17.2 Å². The number of nitrogens with zero attached hydrogens (tertiary/aromatic N) is 3. The molecule has 0 radical (unpaired) electrons. The van der Waals surface area contributed by atoms with E-state index in [1.165, 1.54) is 5.56 Å². The van der Waals surface area contributed by atoms with Gasteiger partial charge in [0, 0.05) is 11.1 Å². The first-order valence-electron chi connectivity index (χ1n) is 9.40. The van der Waals surface area contributed by atoms with E-state index in [9.17, 15) is 4.79 Å². The molecule has 0 aliphatic carbocycles. The van der Waals surface area contributed by atoms with E-state index in [1.807, 2.05) is 52.0 Å². The highest BCUT2D eigenvalue weighted by molar-refractivity contribution is 6.34. The maximum absolute atomic E-state index is 12.6. The van der Waals surface area contributed by atoms with Crippen molar-refractivity contribution in [1.29, 1.82) is 0 Å². The number of benzene rings is 2. The van der Waals surface area contributed by atoms with Crippen LogP contribution < -0.4 is 10.6 Å². The normalized spacial score (nSPS) is 11.2. The zero-order valence-electron chi connectivity index (χ0n) is 16.8. The highest BCUT2D eigenvalue weighted by Crippen LogP contribution is 2.28. The number of carbonyl (C=O) groups excluding carboxylic acids is 1. The van der Waals surface area contributed by atoms with Crippen LogP contribution in [0, 0.1) is 27.7 Å². The summed E-state index contributed by atoms with van der Waals surface area (Å²) in [7, 11) is 0. The van der Waals surface area contributed by atoms with E-state index in [4.69, 9.17) is 11.6 Å². The third-order valence-corrected chi connectivity index (χ3v) is 5.37. The lowest BCUT2D eigenvalue weighted by Gasteiger charge is -2.14. The number of amides is 1. The Morgan fingerprint density at radius 2 is 1.79 bits per heavy atom. The Labute approximate surface area is 173 Å². The third-order valence-electron chi connectivity index (χ3n) is 4.93. The van der Waals surface area contributed by atoms with Crippen molar-refractivity contribution >= 4 is 45.6 Å². The minimum Gasteiger partial charge on any atom is -0.360 e. The zero-order valence-corrected chi connectivity index (χ0v) is 17.6. The lowest BCUT2D eigenvalue weighted by molar-refractivity contribution is -0.114. The van der Waals surface area contributed by atoms with Crippen molar-refractivity contribution in [2.24, 2.45) is 0 Å². The number of nitrogens with one attached hydrogen (secondary N) is 2. The van der Waals surface area contributed by atoms with Gasteiger partial charge in [0.25, 0.3) is 0 Å². The molecule has 4 rings (SSSR count). The summed E-state index contributed by atoms with van der Waals surface area (Å²) in [6, 6.07) is 11.9. The van der Waals surface area contributed by atoms with Gasteiger partial charge in [-0.05, 0) is 51.0 Å². The molecule has 7 heteroatoms. The van der Waals surface area contributed by atoms with Crippen molar-refractivity contribution in [3.63, 3.8) is 0 Å². The summed E-state index contributed by atoms with van der Waals surface area (Å²) in [6.07, 6.45) is 0. The fourth-order valence-corrected chi connectivity index (χ4v) is 3.80. The largest absolute Gasteiger partial charge is 0.360 e. The highest BCUT2D eigenvalue weighted by Gasteiger charge is 2.15. The Morgan fingerprint density at radius 3 is 2.52 bits per heavy atom. The summed E-state index contributed by atoms with van der Waals surface area (Å²) in [4.78, 5) is 17.2. The van der Waals surface area contributed by atoms with Crippen LogP contribution in [-0.2, 0) is 4.79 Å². The van der Waals surface area contributed by atoms with E-state index in [-0.39, 0.29) is 12.5 Å². The molecule has 4 aromatic rings. The maximum Gasteiger partial charge on any atom is 0.243 e. The summed E-state index contributed by atoms with van der Waals surface area (Å²) in [5.74, 6) is 0.462. The lowest BCUT2D eigenvalue weighted by Crippen LogP contribution is -2.23. The van der Waals surface area contributed by atoms with Gasteiger partial charge < -0.3 is 10.6 Å². The van der Waals surface area contributed by atoms with Crippen LogP contribution in [0.2, 0.25) is 5.02 Å². The first kappa shape index (κ1) is 19.2. The summed E-state index contributed by atoms with van der Waals surface area (Å²) in [6.45, 7) is 7.97. The summed E-state index contributed by atoms with van der Waals surface area (Å²) in [5, 5.41) is 12.0. The van der Waals surface area contributed by atoms with Gasteiger partial charge in [0.15, 0.2) is 5.65 Å². The van der Waals surface area contributed by atoms with Gasteiger partial charge in [-0.2, -0.15) is 5.10 Å². The van der Waals surface area contributed by atoms with E-state index in [0.717, 1.165) is 27.7 Å². The average Bonchev–Trinajstić information content (AvgIpc) is 2.97. The molecular weight excluding hydrogens is 386 g/mol. The molecule has 0 bridgehead atoms. The van der Waals surface area contributed by atoms with Crippen LogP contribution in [-0.4, -0.2) is 27.0 Å². The van der Waals surface area contributed by atoms with E-state index >= 15 is 0 Å². The molecule has 6 nitrogen and oxygen atoms in total. The molecule has 148 valence electrons. The number of anilines is 2. The molecule has 29 heavy (non-hydrogen) atoms. The van der Waals surface area contributed by atoms with Gasteiger partial charge in [-0.25, -0.2) is 9.50 Å². The van der Waals surface area contributed by atoms with Crippen LogP contribution in [0.4, 0.5) is 11.5 Å². The van der Waals surface area contributed by atoms with Crippen molar-refractivity contribution in [3.05, 3.63) is 63.8 Å². The predicted molar refractivity (Wildman–Crippen MR) is 118 cm³/mol. The number of aromatic nitrogens is 3.